The van der Waals surface area contributed by atoms with Crippen molar-refractivity contribution in [3.05, 3.63) is 54.4 Å². The van der Waals surface area contributed by atoms with Crippen LogP contribution in [-0.2, 0) is 0 Å². The summed E-state index contributed by atoms with van der Waals surface area (Å²) in [7, 11) is 3.07. The molecular formula is C16H15N5O3. The van der Waals surface area contributed by atoms with E-state index in [0.29, 0.717) is 22.7 Å². The van der Waals surface area contributed by atoms with Gasteiger partial charge in [-0.05, 0) is 46.8 Å². The summed E-state index contributed by atoms with van der Waals surface area (Å²) in [5, 5.41) is 13.8. The molecule has 1 heterocycles. The number of hydrogen-bond donors (Lipinski definition) is 1. The number of hydrogen-bond acceptors (Lipinski definition) is 6. The van der Waals surface area contributed by atoms with E-state index in [-0.39, 0.29) is 5.91 Å². The van der Waals surface area contributed by atoms with E-state index in [1.807, 2.05) is 0 Å². The maximum absolute atomic E-state index is 12.4. The number of carbonyl (C=O) groups excluding carboxylic acids is 1. The number of tetrazole rings is 1. The van der Waals surface area contributed by atoms with Crippen molar-refractivity contribution in [3.63, 3.8) is 0 Å². The minimum atomic E-state index is -0.262. The summed E-state index contributed by atoms with van der Waals surface area (Å²) in [5.41, 5.74) is 1.88. The smallest absolute Gasteiger partial charge is 0.255 e. The SMILES string of the molecule is COc1cc(OC)cc(C(=O)Nc2ccc(-n3cnnn3)cc2)c1. The van der Waals surface area contributed by atoms with Gasteiger partial charge in [0.25, 0.3) is 5.91 Å². The zero-order chi connectivity index (χ0) is 16.9. The lowest BCUT2D eigenvalue weighted by molar-refractivity contribution is 0.102. The molecule has 8 nitrogen and oxygen atoms in total. The molecule has 0 atom stereocenters. The highest BCUT2D eigenvalue weighted by Crippen LogP contribution is 2.23. The molecule has 0 aliphatic heterocycles. The van der Waals surface area contributed by atoms with Crippen LogP contribution in [0.5, 0.6) is 11.5 Å². The number of benzene rings is 2. The van der Waals surface area contributed by atoms with E-state index in [4.69, 9.17) is 9.47 Å². The first kappa shape index (κ1) is 15.5. The minimum Gasteiger partial charge on any atom is -0.497 e. The quantitative estimate of drug-likeness (QED) is 0.771. The third-order valence-electron chi connectivity index (χ3n) is 3.35. The fourth-order valence-corrected chi connectivity index (χ4v) is 2.12. The van der Waals surface area contributed by atoms with E-state index in [2.05, 4.69) is 20.8 Å². The van der Waals surface area contributed by atoms with Crippen LogP contribution in [0, 0.1) is 0 Å². The first-order valence-electron chi connectivity index (χ1n) is 7.07. The molecule has 0 unspecified atom stereocenters. The van der Waals surface area contributed by atoms with Gasteiger partial charge in [0.1, 0.15) is 17.8 Å². The van der Waals surface area contributed by atoms with Crippen molar-refractivity contribution in [3.8, 4) is 17.2 Å². The van der Waals surface area contributed by atoms with Crippen LogP contribution in [0.2, 0.25) is 0 Å². The molecule has 0 saturated heterocycles. The number of rotatable bonds is 5. The van der Waals surface area contributed by atoms with Gasteiger partial charge in [-0.2, -0.15) is 0 Å². The topological polar surface area (TPSA) is 91.2 Å². The second-order valence-electron chi connectivity index (χ2n) is 4.86. The molecule has 1 amide bonds. The third-order valence-corrected chi connectivity index (χ3v) is 3.35. The van der Waals surface area contributed by atoms with Crippen LogP contribution in [0.4, 0.5) is 5.69 Å². The molecule has 0 spiro atoms. The number of carbonyl (C=O) groups is 1. The highest BCUT2D eigenvalue weighted by atomic mass is 16.5. The summed E-state index contributed by atoms with van der Waals surface area (Å²) < 4.78 is 11.9. The molecule has 0 saturated carbocycles. The number of ether oxygens (including phenoxy) is 2. The van der Waals surface area contributed by atoms with E-state index >= 15 is 0 Å². The minimum absolute atomic E-state index is 0.262. The van der Waals surface area contributed by atoms with E-state index in [1.54, 1.807) is 42.5 Å². The van der Waals surface area contributed by atoms with Gasteiger partial charge >= 0.3 is 0 Å². The average molecular weight is 325 g/mol. The number of nitrogens with zero attached hydrogens (tertiary/aromatic N) is 4. The van der Waals surface area contributed by atoms with Gasteiger partial charge in [-0.15, -0.1) is 5.10 Å². The fraction of sp³-hybridized carbons (Fsp3) is 0.125. The molecule has 0 aliphatic carbocycles. The Kier molecular flexibility index (Phi) is 4.37. The van der Waals surface area contributed by atoms with Crippen molar-refractivity contribution in [1.82, 2.24) is 20.2 Å². The Balaban J connectivity index is 1.77. The standard InChI is InChI=1S/C16H15N5O3/c1-23-14-7-11(8-15(9-14)24-2)16(22)18-12-3-5-13(6-4-12)21-10-17-19-20-21/h3-10H,1-2H3,(H,18,22). The van der Waals surface area contributed by atoms with Gasteiger partial charge < -0.3 is 14.8 Å². The van der Waals surface area contributed by atoms with E-state index in [1.165, 1.54) is 25.2 Å². The maximum atomic E-state index is 12.4. The first-order chi connectivity index (χ1) is 11.7. The normalized spacial score (nSPS) is 10.2. The van der Waals surface area contributed by atoms with Crippen molar-refractivity contribution < 1.29 is 14.3 Å². The summed E-state index contributed by atoms with van der Waals surface area (Å²) >= 11 is 0. The molecule has 1 N–H and O–H groups in total. The monoisotopic (exact) mass is 325 g/mol. The molecule has 0 fully saturated rings. The van der Waals surface area contributed by atoms with Gasteiger partial charge in [-0.1, -0.05) is 0 Å². The van der Waals surface area contributed by atoms with E-state index in [0.717, 1.165) is 5.69 Å². The van der Waals surface area contributed by atoms with Gasteiger partial charge in [0.2, 0.25) is 0 Å². The summed E-state index contributed by atoms with van der Waals surface area (Å²) in [6, 6.07) is 12.1. The molecule has 2 aromatic carbocycles. The molecule has 0 bridgehead atoms. The van der Waals surface area contributed by atoms with Crippen LogP contribution in [0.15, 0.2) is 48.8 Å². The summed E-state index contributed by atoms with van der Waals surface area (Å²) in [5.74, 6) is 0.837. The Morgan fingerprint density at radius 1 is 1.04 bits per heavy atom. The molecule has 122 valence electrons. The lowest BCUT2D eigenvalue weighted by Gasteiger charge is -2.09. The Morgan fingerprint density at radius 2 is 1.71 bits per heavy atom. The molecule has 24 heavy (non-hydrogen) atoms. The van der Waals surface area contributed by atoms with Crippen molar-refractivity contribution >= 4 is 11.6 Å². The van der Waals surface area contributed by atoms with Crippen molar-refractivity contribution in [2.75, 3.05) is 19.5 Å². The van der Waals surface area contributed by atoms with Gasteiger partial charge in [0.05, 0.1) is 19.9 Å². The molecule has 0 radical (unpaired) electrons. The van der Waals surface area contributed by atoms with Crippen molar-refractivity contribution in [2.45, 2.75) is 0 Å². The molecule has 3 aromatic rings. The summed E-state index contributed by atoms with van der Waals surface area (Å²) in [6.45, 7) is 0. The highest BCUT2D eigenvalue weighted by molar-refractivity contribution is 6.04. The number of nitrogens with one attached hydrogen (secondary N) is 1. The first-order valence-corrected chi connectivity index (χ1v) is 7.07. The largest absolute Gasteiger partial charge is 0.497 e. The van der Waals surface area contributed by atoms with Crippen LogP contribution < -0.4 is 14.8 Å². The zero-order valence-electron chi connectivity index (χ0n) is 13.1. The fourth-order valence-electron chi connectivity index (χ4n) is 2.12. The summed E-state index contributed by atoms with van der Waals surface area (Å²) in [4.78, 5) is 12.4. The Hall–Kier alpha value is -3.42. The number of methoxy groups -OCH3 is 2. The second-order valence-corrected chi connectivity index (χ2v) is 4.86. The summed E-state index contributed by atoms with van der Waals surface area (Å²) in [6.07, 6.45) is 1.50. The van der Waals surface area contributed by atoms with Crippen LogP contribution in [-0.4, -0.2) is 40.3 Å². The van der Waals surface area contributed by atoms with E-state index in [9.17, 15) is 4.79 Å². The second kappa shape index (κ2) is 6.78. The third kappa shape index (κ3) is 3.32. The lowest BCUT2D eigenvalue weighted by atomic mass is 10.1. The Labute approximate surface area is 138 Å². The Morgan fingerprint density at radius 3 is 2.25 bits per heavy atom. The maximum Gasteiger partial charge on any atom is 0.255 e. The average Bonchev–Trinajstić information content (AvgIpc) is 3.16. The van der Waals surface area contributed by atoms with Gasteiger partial charge in [0, 0.05) is 17.3 Å². The molecule has 0 aliphatic rings. The predicted octanol–water partition coefficient (Wildman–Crippen LogP) is 1.93. The predicted molar refractivity (Wildman–Crippen MR) is 86.7 cm³/mol. The van der Waals surface area contributed by atoms with Crippen LogP contribution in [0.1, 0.15) is 10.4 Å². The van der Waals surface area contributed by atoms with Crippen LogP contribution in [0.3, 0.4) is 0 Å². The Bertz CT molecular complexity index is 809. The molecule has 1 aromatic heterocycles. The highest BCUT2D eigenvalue weighted by Gasteiger charge is 2.10. The number of aromatic nitrogens is 4. The van der Waals surface area contributed by atoms with Crippen LogP contribution in [0.25, 0.3) is 5.69 Å². The van der Waals surface area contributed by atoms with Gasteiger partial charge in [-0.3, -0.25) is 4.79 Å². The molecule has 3 rings (SSSR count). The molecular weight excluding hydrogens is 310 g/mol. The zero-order valence-corrected chi connectivity index (χ0v) is 13.1. The van der Waals surface area contributed by atoms with Gasteiger partial charge in [-0.25, -0.2) is 4.68 Å². The van der Waals surface area contributed by atoms with Crippen molar-refractivity contribution in [1.29, 1.82) is 0 Å². The van der Waals surface area contributed by atoms with Crippen molar-refractivity contribution in [2.24, 2.45) is 0 Å². The molecule has 8 heteroatoms. The number of anilines is 1. The van der Waals surface area contributed by atoms with Gasteiger partial charge in [0.15, 0.2) is 0 Å². The number of amides is 1. The lowest BCUT2D eigenvalue weighted by Crippen LogP contribution is -2.12. The van der Waals surface area contributed by atoms with Crippen LogP contribution >= 0.6 is 0 Å². The van der Waals surface area contributed by atoms with E-state index < -0.39 is 0 Å².